The molecule has 0 aliphatic carbocycles. The normalized spacial score (nSPS) is 10.7. The van der Waals surface area contributed by atoms with Crippen molar-refractivity contribution in [2.24, 2.45) is 0 Å². The summed E-state index contributed by atoms with van der Waals surface area (Å²) in [4.78, 5) is 11.6. The fourth-order valence-corrected chi connectivity index (χ4v) is 1.67. The van der Waals surface area contributed by atoms with Crippen LogP contribution in [0, 0.1) is 11.6 Å². The van der Waals surface area contributed by atoms with E-state index in [1.165, 1.54) is 12.1 Å². The Kier molecular flexibility index (Phi) is 3.63. The van der Waals surface area contributed by atoms with Crippen molar-refractivity contribution in [3.05, 3.63) is 62.0 Å². The van der Waals surface area contributed by atoms with Crippen molar-refractivity contribution in [1.82, 2.24) is 9.78 Å². The van der Waals surface area contributed by atoms with Crippen LogP contribution in [0.5, 0.6) is 0 Å². The Morgan fingerprint density at radius 3 is 2.61 bits per heavy atom. The molecule has 1 aromatic carbocycles. The standard InChI is InChI=1S/C11H6Cl2F2N2O/c12-7-2-1-6(8(14)3-7)5-17-11(18)10(13)9(15)4-16-17/h1-4H,5H2. The summed E-state index contributed by atoms with van der Waals surface area (Å²) in [6.07, 6.45) is 0.803. The quantitative estimate of drug-likeness (QED) is 0.852. The number of nitrogens with zero attached hydrogens (tertiary/aromatic N) is 2. The second-order valence-electron chi connectivity index (χ2n) is 3.51. The smallest absolute Gasteiger partial charge is 0.266 e. The average molecular weight is 291 g/mol. The van der Waals surface area contributed by atoms with Crippen LogP contribution < -0.4 is 5.56 Å². The minimum atomic E-state index is -0.908. The molecule has 0 bridgehead atoms. The van der Waals surface area contributed by atoms with E-state index in [9.17, 15) is 13.6 Å². The van der Waals surface area contributed by atoms with Gasteiger partial charge in [0.2, 0.25) is 0 Å². The molecule has 2 rings (SSSR count). The number of halogens is 4. The second-order valence-corrected chi connectivity index (χ2v) is 4.32. The number of aromatic nitrogens is 2. The molecule has 94 valence electrons. The maximum atomic E-state index is 13.5. The molecule has 1 aromatic heterocycles. The monoisotopic (exact) mass is 290 g/mol. The van der Waals surface area contributed by atoms with Gasteiger partial charge in [-0.2, -0.15) is 5.10 Å². The molecular weight excluding hydrogens is 285 g/mol. The number of hydrogen-bond acceptors (Lipinski definition) is 2. The van der Waals surface area contributed by atoms with Gasteiger partial charge in [0.15, 0.2) is 5.82 Å². The zero-order chi connectivity index (χ0) is 13.3. The molecule has 7 heteroatoms. The Bertz CT molecular complexity index is 658. The van der Waals surface area contributed by atoms with Gasteiger partial charge >= 0.3 is 0 Å². The molecule has 18 heavy (non-hydrogen) atoms. The summed E-state index contributed by atoms with van der Waals surface area (Å²) in [6, 6.07) is 4.02. The molecule has 0 radical (unpaired) electrons. The molecule has 0 amide bonds. The number of hydrogen-bond donors (Lipinski definition) is 0. The van der Waals surface area contributed by atoms with Gasteiger partial charge in [-0.15, -0.1) is 0 Å². The highest BCUT2D eigenvalue weighted by molar-refractivity contribution is 6.30. The Labute approximate surface area is 111 Å². The first-order valence-corrected chi connectivity index (χ1v) is 5.59. The average Bonchev–Trinajstić information content (AvgIpc) is 2.33. The van der Waals surface area contributed by atoms with E-state index in [0.717, 1.165) is 16.9 Å². The Balaban J connectivity index is 2.41. The van der Waals surface area contributed by atoms with Gasteiger partial charge in [0.1, 0.15) is 10.8 Å². The highest BCUT2D eigenvalue weighted by Crippen LogP contribution is 2.15. The number of rotatable bonds is 2. The third-order valence-electron chi connectivity index (χ3n) is 2.28. The largest absolute Gasteiger partial charge is 0.288 e. The van der Waals surface area contributed by atoms with Crippen LogP contribution in [0.1, 0.15) is 5.56 Å². The highest BCUT2D eigenvalue weighted by Gasteiger charge is 2.11. The van der Waals surface area contributed by atoms with Crippen molar-refractivity contribution >= 4 is 23.2 Å². The van der Waals surface area contributed by atoms with Gasteiger partial charge in [-0.1, -0.05) is 29.3 Å². The van der Waals surface area contributed by atoms with Gasteiger partial charge in [-0.3, -0.25) is 4.79 Å². The van der Waals surface area contributed by atoms with Crippen LogP contribution in [0.4, 0.5) is 8.78 Å². The van der Waals surface area contributed by atoms with E-state index in [0.29, 0.717) is 0 Å². The summed E-state index contributed by atoms with van der Waals surface area (Å²) in [7, 11) is 0. The number of benzene rings is 1. The van der Waals surface area contributed by atoms with E-state index in [1.54, 1.807) is 0 Å². The first-order chi connectivity index (χ1) is 8.49. The molecule has 0 aliphatic rings. The molecule has 0 atom stereocenters. The minimum absolute atomic E-state index is 0.151. The summed E-state index contributed by atoms with van der Waals surface area (Å²) in [5.41, 5.74) is -0.609. The summed E-state index contributed by atoms with van der Waals surface area (Å²) in [5, 5.41) is 3.22. The van der Waals surface area contributed by atoms with Crippen LogP contribution in [0.2, 0.25) is 10.0 Å². The van der Waals surface area contributed by atoms with E-state index in [-0.39, 0.29) is 17.1 Å². The first-order valence-electron chi connectivity index (χ1n) is 4.84. The maximum Gasteiger partial charge on any atom is 0.288 e. The van der Waals surface area contributed by atoms with E-state index in [4.69, 9.17) is 23.2 Å². The van der Waals surface area contributed by atoms with Gasteiger partial charge in [-0.05, 0) is 12.1 Å². The Morgan fingerprint density at radius 1 is 1.22 bits per heavy atom. The molecule has 0 saturated carbocycles. The van der Waals surface area contributed by atoms with Gasteiger partial charge in [-0.25, -0.2) is 13.5 Å². The van der Waals surface area contributed by atoms with Gasteiger partial charge in [0.25, 0.3) is 5.56 Å². The Morgan fingerprint density at radius 2 is 1.94 bits per heavy atom. The van der Waals surface area contributed by atoms with Crippen LogP contribution >= 0.6 is 23.2 Å². The van der Waals surface area contributed by atoms with Gasteiger partial charge in [0.05, 0.1) is 12.7 Å². The minimum Gasteiger partial charge on any atom is -0.266 e. The molecule has 0 saturated heterocycles. The lowest BCUT2D eigenvalue weighted by Crippen LogP contribution is -2.25. The van der Waals surface area contributed by atoms with E-state index < -0.39 is 22.2 Å². The molecule has 2 aromatic rings. The van der Waals surface area contributed by atoms with Crippen LogP contribution in [0.25, 0.3) is 0 Å². The predicted molar refractivity (Wildman–Crippen MR) is 64.0 cm³/mol. The molecule has 3 nitrogen and oxygen atoms in total. The van der Waals surface area contributed by atoms with Crippen LogP contribution in [-0.2, 0) is 6.54 Å². The molecule has 0 spiro atoms. The van der Waals surface area contributed by atoms with Crippen molar-refractivity contribution in [2.75, 3.05) is 0 Å². The van der Waals surface area contributed by atoms with Gasteiger partial charge in [0, 0.05) is 10.6 Å². The topological polar surface area (TPSA) is 34.9 Å². The predicted octanol–water partition coefficient (Wildman–Crippen LogP) is 2.88. The third kappa shape index (κ3) is 2.52. The van der Waals surface area contributed by atoms with E-state index >= 15 is 0 Å². The molecule has 0 aliphatic heterocycles. The summed E-state index contributed by atoms with van der Waals surface area (Å²) in [5.74, 6) is -1.48. The van der Waals surface area contributed by atoms with Crippen LogP contribution in [0.15, 0.2) is 29.2 Å². The second kappa shape index (κ2) is 5.04. The molecule has 0 N–H and O–H groups in total. The van der Waals surface area contributed by atoms with E-state index in [1.807, 2.05) is 0 Å². The lowest BCUT2D eigenvalue weighted by molar-refractivity contribution is 0.548. The molecular formula is C11H6Cl2F2N2O. The molecule has 0 fully saturated rings. The fraction of sp³-hybridized carbons (Fsp3) is 0.0909. The van der Waals surface area contributed by atoms with Gasteiger partial charge < -0.3 is 0 Å². The lowest BCUT2D eigenvalue weighted by Gasteiger charge is -2.06. The SMILES string of the molecule is O=c1c(Cl)c(F)cnn1Cc1ccc(Cl)cc1F. The zero-order valence-electron chi connectivity index (χ0n) is 8.83. The van der Waals surface area contributed by atoms with Crippen molar-refractivity contribution in [3.63, 3.8) is 0 Å². The van der Waals surface area contributed by atoms with Crippen LogP contribution in [0.3, 0.4) is 0 Å². The first kappa shape index (κ1) is 13.0. The van der Waals surface area contributed by atoms with Crippen molar-refractivity contribution < 1.29 is 8.78 Å². The maximum absolute atomic E-state index is 13.5. The Hall–Kier alpha value is -1.46. The van der Waals surface area contributed by atoms with Crippen molar-refractivity contribution in [1.29, 1.82) is 0 Å². The third-order valence-corrected chi connectivity index (χ3v) is 2.85. The summed E-state index contributed by atoms with van der Waals surface area (Å²) in [6.45, 7) is -0.151. The summed E-state index contributed by atoms with van der Waals surface area (Å²) >= 11 is 11.1. The van der Waals surface area contributed by atoms with E-state index in [2.05, 4.69) is 5.10 Å². The lowest BCUT2D eigenvalue weighted by atomic mass is 10.2. The highest BCUT2D eigenvalue weighted by atomic mass is 35.5. The fourth-order valence-electron chi connectivity index (χ4n) is 1.37. The molecule has 0 unspecified atom stereocenters. The van der Waals surface area contributed by atoms with Crippen LogP contribution in [-0.4, -0.2) is 9.78 Å². The van der Waals surface area contributed by atoms with Crippen molar-refractivity contribution in [2.45, 2.75) is 6.54 Å². The summed E-state index contributed by atoms with van der Waals surface area (Å²) < 4.78 is 27.3. The van der Waals surface area contributed by atoms with Crippen molar-refractivity contribution in [3.8, 4) is 0 Å². The zero-order valence-corrected chi connectivity index (χ0v) is 10.3. The molecule has 1 heterocycles.